The summed E-state index contributed by atoms with van der Waals surface area (Å²) in [6.07, 6.45) is 4.08. The molecule has 0 aromatic heterocycles. The van der Waals surface area contributed by atoms with E-state index < -0.39 is 0 Å². The molecule has 1 atom stereocenters. The number of benzene rings is 1. The third-order valence-electron chi connectivity index (χ3n) is 5.31. The van der Waals surface area contributed by atoms with Crippen LogP contribution in [0.3, 0.4) is 0 Å². The van der Waals surface area contributed by atoms with Crippen LogP contribution in [0.15, 0.2) is 24.3 Å². The van der Waals surface area contributed by atoms with Crippen LogP contribution >= 0.6 is 0 Å². The zero-order chi connectivity index (χ0) is 18.1. The molecule has 0 spiro atoms. The van der Waals surface area contributed by atoms with Gasteiger partial charge in [0.1, 0.15) is 5.75 Å². The highest BCUT2D eigenvalue weighted by Gasteiger charge is 2.28. The summed E-state index contributed by atoms with van der Waals surface area (Å²) in [4.78, 5) is 13.4. The molecular weight excluding hydrogens is 314 g/mol. The molecule has 1 N–H and O–H groups in total. The number of hydrogen-bond donors (Lipinski definition) is 1. The maximum Gasteiger partial charge on any atom is 0.309 e. The van der Waals surface area contributed by atoms with Gasteiger partial charge < -0.3 is 14.4 Å². The van der Waals surface area contributed by atoms with Crippen molar-refractivity contribution in [2.75, 3.05) is 32.8 Å². The summed E-state index contributed by atoms with van der Waals surface area (Å²) in [5.41, 5.74) is 1.31. The number of likely N-dealkylation sites (tertiary alicyclic amines) is 1. The normalized spacial score (nSPS) is 21.6. The lowest BCUT2D eigenvalue weighted by atomic mass is 9.97. The van der Waals surface area contributed by atoms with E-state index in [1.807, 2.05) is 13.0 Å². The first-order valence-corrected chi connectivity index (χ1v) is 9.87. The van der Waals surface area contributed by atoms with Crippen molar-refractivity contribution in [1.29, 1.82) is 0 Å². The van der Waals surface area contributed by atoms with Gasteiger partial charge in [0.15, 0.2) is 0 Å². The first kappa shape index (κ1) is 19.8. The van der Waals surface area contributed by atoms with Crippen molar-refractivity contribution in [2.24, 2.45) is 5.92 Å². The molecule has 4 heteroatoms. The molecule has 1 aliphatic heterocycles. The minimum absolute atomic E-state index is 0.00784. The lowest BCUT2D eigenvalue weighted by Gasteiger charge is -2.28. The van der Waals surface area contributed by atoms with E-state index in [1.54, 1.807) is 4.90 Å². The molecule has 25 heavy (non-hydrogen) atoms. The van der Waals surface area contributed by atoms with Gasteiger partial charge in [0.2, 0.25) is 0 Å². The van der Waals surface area contributed by atoms with Crippen LogP contribution in [0.2, 0.25) is 0 Å². The third-order valence-corrected chi connectivity index (χ3v) is 5.31. The minimum Gasteiger partial charge on any atom is -0.493 e. The van der Waals surface area contributed by atoms with Gasteiger partial charge in [-0.1, -0.05) is 32.0 Å². The number of hydrogen-bond acceptors (Lipinski definition) is 3. The molecule has 1 fully saturated rings. The molecule has 0 saturated carbocycles. The molecule has 1 heterocycles. The van der Waals surface area contributed by atoms with Crippen LogP contribution in [-0.2, 0) is 9.53 Å². The van der Waals surface area contributed by atoms with Crippen LogP contribution in [0.4, 0.5) is 0 Å². The van der Waals surface area contributed by atoms with Crippen LogP contribution in [0.25, 0.3) is 0 Å². The summed E-state index contributed by atoms with van der Waals surface area (Å²) in [6.45, 7) is 10.8. The van der Waals surface area contributed by atoms with Gasteiger partial charge in [-0.05, 0) is 30.9 Å². The quantitative estimate of drug-likeness (QED) is 0.551. The molecule has 0 bridgehead atoms. The second-order valence-corrected chi connectivity index (χ2v) is 7.08. The number of rotatable bonds is 9. The fraction of sp³-hybridized carbons (Fsp3) is 0.667. The molecule has 1 aliphatic rings. The number of esters is 1. The Morgan fingerprint density at radius 1 is 1.24 bits per heavy atom. The SMILES string of the molecule is CCOC(=O)C1CC[NH+](CCCOc2ccccc2[C@@H](C)CC)CC1. The summed E-state index contributed by atoms with van der Waals surface area (Å²) < 4.78 is 11.2. The van der Waals surface area contributed by atoms with Crippen molar-refractivity contribution < 1.29 is 19.2 Å². The maximum absolute atomic E-state index is 11.8. The zero-order valence-electron chi connectivity index (χ0n) is 16.1. The summed E-state index contributed by atoms with van der Waals surface area (Å²) >= 11 is 0. The average Bonchev–Trinajstić information content (AvgIpc) is 2.65. The second-order valence-electron chi connectivity index (χ2n) is 7.08. The maximum atomic E-state index is 11.8. The van der Waals surface area contributed by atoms with Gasteiger partial charge in [0, 0.05) is 19.3 Å². The Kier molecular flexibility index (Phi) is 8.26. The lowest BCUT2D eigenvalue weighted by Crippen LogP contribution is -3.13. The van der Waals surface area contributed by atoms with Crippen LogP contribution < -0.4 is 9.64 Å². The highest BCUT2D eigenvalue weighted by atomic mass is 16.5. The molecule has 0 radical (unpaired) electrons. The standard InChI is InChI=1S/C21H33NO3/c1-4-17(3)19-9-6-7-10-20(19)25-16-8-13-22-14-11-18(12-15-22)21(23)24-5-2/h6-7,9-10,17-18H,4-5,8,11-16H2,1-3H3/p+1/t17-/m0/s1. The Labute approximate surface area is 152 Å². The molecule has 1 aromatic carbocycles. The summed E-state index contributed by atoms with van der Waals surface area (Å²) in [7, 11) is 0. The van der Waals surface area contributed by atoms with Crippen LogP contribution in [0.1, 0.15) is 57.9 Å². The van der Waals surface area contributed by atoms with Crippen LogP contribution in [0, 0.1) is 5.92 Å². The lowest BCUT2D eigenvalue weighted by molar-refractivity contribution is -0.906. The van der Waals surface area contributed by atoms with Gasteiger partial charge in [-0.3, -0.25) is 4.79 Å². The van der Waals surface area contributed by atoms with Gasteiger partial charge in [-0.25, -0.2) is 0 Å². The number of carbonyl (C=O) groups excluding carboxylic acids is 1. The molecule has 2 rings (SSSR count). The van der Waals surface area contributed by atoms with Gasteiger partial charge in [-0.15, -0.1) is 0 Å². The van der Waals surface area contributed by atoms with E-state index in [0.29, 0.717) is 12.5 Å². The number of quaternary nitrogens is 1. The van der Waals surface area contributed by atoms with E-state index >= 15 is 0 Å². The molecule has 1 aromatic rings. The number of ether oxygens (including phenoxy) is 2. The smallest absolute Gasteiger partial charge is 0.309 e. The molecule has 4 nitrogen and oxygen atoms in total. The van der Waals surface area contributed by atoms with Crippen molar-refractivity contribution in [3.63, 3.8) is 0 Å². The number of para-hydroxylation sites is 1. The zero-order valence-corrected chi connectivity index (χ0v) is 16.1. The number of piperidine rings is 1. The number of carbonyl (C=O) groups is 1. The first-order valence-electron chi connectivity index (χ1n) is 9.87. The van der Waals surface area contributed by atoms with Gasteiger partial charge in [0.25, 0.3) is 0 Å². The Morgan fingerprint density at radius 2 is 1.96 bits per heavy atom. The molecule has 0 aliphatic carbocycles. The van der Waals surface area contributed by atoms with Crippen molar-refractivity contribution in [1.82, 2.24) is 0 Å². The molecular formula is C21H34NO3+. The number of nitrogens with one attached hydrogen (secondary N) is 1. The minimum atomic E-state index is -0.00784. The van der Waals surface area contributed by atoms with E-state index in [9.17, 15) is 4.79 Å². The van der Waals surface area contributed by atoms with Crippen LogP contribution in [0.5, 0.6) is 5.75 Å². The Bertz CT molecular complexity index is 524. The van der Waals surface area contributed by atoms with Crippen molar-refractivity contribution in [3.8, 4) is 5.75 Å². The van der Waals surface area contributed by atoms with Crippen molar-refractivity contribution in [2.45, 2.75) is 52.4 Å². The van der Waals surface area contributed by atoms with Gasteiger partial charge in [-0.2, -0.15) is 0 Å². The van der Waals surface area contributed by atoms with Crippen molar-refractivity contribution in [3.05, 3.63) is 29.8 Å². The summed E-state index contributed by atoms with van der Waals surface area (Å²) in [5.74, 6) is 1.67. The van der Waals surface area contributed by atoms with E-state index in [4.69, 9.17) is 9.47 Å². The predicted molar refractivity (Wildman–Crippen MR) is 100 cm³/mol. The Hall–Kier alpha value is -1.55. The molecule has 140 valence electrons. The largest absolute Gasteiger partial charge is 0.493 e. The fourth-order valence-corrected chi connectivity index (χ4v) is 3.52. The highest BCUT2D eigenvalue weighted by molar-refractivity contribution is 5.72. The highest BCUT2D eigenvalue weighted by Crippen LogP contribution is 2.28. The molecule has 0 unspecified atom stereocenters. The monoisotopic (exact) mass is 348 g/mol. The fourth-order valence-electron chi connectivity index (χ4n) is 3.52. The van der Waals surface area contributed by atoms with Crippen molar-refractivity contribution >= 4 is 5.97 Å². The van der Waals surface area contributed by atoms with Gasteiger partial charge in [0.05, 0.1) is 38.8 Å². The molecule has 1 saturated heterocycles. The Morgan fingerprint density at radius 3 is 2.64 bits per heavy atom. The van der Waals surface area contributed by atoms with Crippen LogP contribution in [-0.4, -0.2) is 38.8 Å². The third kappa shape index (κ3) is 6.03. The average molecular weight is 349 g/mol. The second kappa shape index (κ2) is 10.4. The van der Waals surface area contributed by atoms with E-state index in [-0.39, 0.29) is 11.9 Å². The van der Waals surface area contributed by atoms with Gasteiger partial charge >= 0.3 is 5.97 Å². The predicted octanol–water partition coefficient (Wildman–Crippen LogP) is 2.83. The van der Waals surface area contributed by atoms with E-state index in [1.165, 1.54) is 5.56 Å². The Balaban J connectivity index is 1.68. The topological polar surface area (TPSA) is 40.0 Å². The summed E-state index contributed by atoms with van der Waals surface area (Å²) in [6, 6.07) is 8.40. The van der Waals surface area contributed by atoms with E-state index in [0.717, 1.165) is 57.7 Å². The van der Waals surface area contributed by atoms with E-state index in [2.05, 4.69) is 32.0 Å². The summed E-state index contributed by atoms with van der Waals surface area (Å²) in [5, 5.41) is 0. The first-order chi connectivity index (χ1) is 12.2. The molecule has 0 amide bonds.